The largest absolute Gasteiger partial charge is 0.339 e. The lowest BCUT2D eigenvalue weighted by Crippen LogP contribution is -2.34. The van der Waals surface area contributed by atoms with Gasteiger partial charge in [0.15, 0.2) is 0 Å². The number of nitrogens with two attached hydrogens (primary N) is 1. The lowest BCUT2D eigenvalue weighted by molar-refractivity contribution is -0.131. The van der Waals surface area contributed by atoms with Gasteiger partial charge in [-0.25, -0.2) is 0 Å². The average molecular weight is 273 g/mol. The fourth-order valence-electron chi connectivity index (χ4n) is 1.68. The van der Waals surface area contributed by atoms with Crippen molar-refractivity contribution in [2.75, 3.05) is 13.1 Å². The standard InChI is InChI=1S/C9H13BrN4O/c10-7-3-12-14(4-7)6-9(15)13-2-1-8(11)5-13/h3-4,8H,1-2,5-6,11H2/t8-/m0/s1. The Morgan fingerprint density at radius 1 is 1.73 bits per heavy atom. The molecule has 0 unspecified atom stereocenters. The SMILES string of the molecule is N[C@H]1CCN(C(=O)Cn2cc(Br)cn2)C1. The third-order valence-corrected chi connectivity index (χ3v) is 2.89. The first-order valence-electron chi connectivity index (χ1n) is 4.86. The number of rotatable bonds is 2. The summed E-state index contributed by atoms with van der Waals surface area (Å²) < 4.78 is 2.50. The molecule has 2 heterocycles. The maximum Gasteiger partial charge on any atom is 0.244 e. The van der Waals surface area contributed by atoms with Crippen LogP contribution in [0.3, 0.4) is 0 Å². The Labute approximate surface area is 96.4 Å². The maximum absolute atomic E-state index is 11.8. The molecular formula is C9H13BrN4O. The van der Waals surface area contributed by atoms with Gasteiger partial charge in [0.25, 0.3) is 0 Å². The molecule has 5 nitrogen and oxygen atoms in total. The molecule has 15 heavy (non-hydrogen) atoms. The molecule has 1 saturated heterocycles. The lowest BCUT2D eigenvalue weighted by Gasteiger charge is -2.15. The molecule has 2 N–H and O–H groups in total. The van der Waals surface area contributed by atoms with Gasteiger partial charge in [0, 0.05) is 25.3 Å². The van der Waals surface area contributed by atoms with Crippen LogP contribution in [0.1, 0.15) is 6.42 Å². The molecule has 1 aromatic rings. The molecule has 82 valence electrons. The smallest absolute Gasteiger partial charge is 0.244 e. The van der Waals surface area contributed by atoms with Gasteiger partial charge in [-0.3, -0.25) is 9.48 Å². The molecule has 1 fully saturated rings. The Bertz CT molecular complexity index is 365. The first-order chi connectivity index (χ1) is 7.15. The van der Waals surface area contributed by atoms with E-state index in [9.17, 15) is 4.79 Å². The molecule has 2 rings (SSSR count). The maximum atomic E-state index is 11.8. The van der Waals surface area contributed by atoms with Crippen LogP contribution in [0, 0.1) is 0 Å². The summed E-state index contributed by atoms with van der Waals surface area (Å²) in [5.41, 5.74) is 5.74. The average Bonchev–Trinajstić information content (AvgIpc) is 2.75. The van der Waals surface area contributed by atoms with E-state index >= 15 is 0 Å². The molecule has 0 saturated carbocycles. The number of aromatic nitrogens is 2. The van der Waals surface area contributed by atoms with Crippen LogP contribution in [-0.2, 0) is 11.3 Å². The number of carbonyl (C=O) groups excluding carboxylic acids is 1. The van der Waals surface area contributed by atoms with Crippen molar-refractivity contribution < 1.29 is 4.79 Å². The molecule has 0 aromatic carbocycles. The summed E-state index contributed by atoms with van der Waals surface area (Å²) in [6.07, 6.45) is 4.35. The highest BCUT2D eigenvalue weighted by atomic mass is 79.9. The minimum atomic E-state index is 0.0820. The Morgan fingerprint density at radius 2 is 2.53 bits per heavy atom. The zero-order chi connectivity index (χ0) is 10.8. The summed E-state index contributed by atoms with van der Waals surface area (Å²) in [5, 5.41) is 4.04. The van der Waals surface area contributed by atoms with Crippen LogP contribution in [0.5, 0.6) is 0 Å². The van der Waals surface area contributed by atoms with Crippen molar-refractivity contribution in [1.29, 1.82) is 0 Å². The Morgan fingerprint density at radius 3 is 3.07 bits per heavy atom. The monoisotopic (exact) mass is 272 g/mol. The van der Waals surface area contributed by atoms with Crippen LogP contribution in [-0.4, -0.2) is 39.7 Å². The van der Waals surface area contributed by atoms with Crippen molar-refractivity contribution in [1.82, 2.24) is 14.7 Å². The summed E-state index contributed by atoms with van der Waals surface area (Å²) in [6.45, 7) is 1.72. The van der Waals surface area contributed by atoms with Gasteiger partial charge in [0.2, 0.25) is 5.91 Å². The molecule has 0 spiro atoms. The van der Waals surface area contributed by atoms with E-state index in [-0.39, 0.29) is 18.5 Å². The fourth-order valence-corrected chi connectivity index (χ4v) is 2.01. The molecule has 1 amide bonds. The van der Waals surface area contributed by atoms with Crippen LogP contribution in [0.15, 0.2) is 16.9 Å². The van der Waals surface area contributed by atoms with Gasteiger partial charge in [-0.15, -0.1) is 0 Å². The fraction of sp³-hybridized carbons (Fsp3) is 0.556. The number of hydrogen-bond donors (Lipinski definition) is 1. The van der Waals surface area contributed by atoms with Gasteiger partial charge in [-0.2, -0.15) is 5.10 Å². The van der Waals surface area contributed by atoms with Gasteiger partial charge in [0.05, 0.1) is 10.7 Å². The highest BCUT2D eigenvalue weighted by Crippen LogP contribution is 2.09. The summed E-state index contributed by atoms with van der Waals surface area (Å²) in [7, 11) is 0. The van der Waals surface area contributed by atoms with Crippen molar-refractivity contribution >= 4 is 21.8 Å². The van der Waals surface area contributed by atoms with E-state index in [4.69, 9.17) is 5.73 Å². The zero-order valence-corrected chi connectivity index (χ0v) is 9.85. The highest BCUT2D eigenvalue weighted by Gasteiger charge is 2.23. The minimum Gasteiger partial charge on any atom is -0.339 e. The van der Waals surface area contributed by atoms with Crippen LogP contribution in [0.2, 0.25) is 0 Å². The lowest BCUT2D eigenvalue weighted by atomic mass is 10.3. The van der Waals surface area contributed by atoms with E-state index in [0.717, 1.165) is 17.4 Å². The number of hydrogen-bond acceptors (Lipinski definition) is 3. The van der Waals surface area contributed by atoms with Gasteiger partial charge in [-0.05, 0) is 22.4 Å². The predicted molar refractivity (Wildman–Crippen MR) is 59.1 cm³/mol. The van der Waals surface area contributed by atoms with Crippen molar-refractivity contribution in [3.63, 3.8) is 0 Å². The van der Waals surface area contributed by atoms with E-state index in [1.54, 1.807) is 22.0 Å². The van der Waals surface area contributed by atoms with E-state index in [1.807, 2.05) is 0 Å². The number of halogens is 1. The second-order valence-corrected chi connectivity index (χ2v) is 4.66. The Kier molecular flexibility index (Phi) is 3.06. The zero-order valence-electron chi connectivity index (χ0n) is 8.27. The van der Waals surface area contributed by atoms with E-state index in [1.165, 1.54) is 0 Å². The molecule has 1 aliphatic rings. The summed E-state index contributed by atoms with van der Waals surface area (Å²) >= 11 is 3.29. The Hall–Kier alpha value is -0.880. The molecule has 1 aromatic heterocycles. The van der Waals surface area contributed by atoms with Gasteiger partial charge < -0.3 is 10.6 Å². The van der Waals surface area contributed by atoms with Crippen molar-refractivity contribution in [2.24, 2.45) is 5.73 Å². The summed E-state index contributed by atoms with van der Waals surface area (Å²) in [5.74, 6) is 0.0820. The van der Waals surface area contributed by atoms with E-state index in [0.29, 0.717) is 6.54 Å². The first-order valence-corrected chi connectivity index (χ1v) is 5.66. The third-order valence-electron chi connectivity index (χ3n) is 2.48. The minimum absolute atomic E-state index is 0.0820. The van der Waals surface area contributed by atoms with Crippen LogP contribution in [0.25, 0.3) is 0 Å². The molecule has 1 aliphatic heterocycles. The predicted octanol–water partition coefficient (Wildman–Crippen LogP) is 0.205. The molecule has 0 aliphatic carbocycles. The molecule has 0 radical (unpaired) electrons. The molecular weight excluding hydrogens is 260 g/mol. The topological polar surface area (TPSA) is 64.2 Å². The molecule has 1 atom stereocenters. The normalized spacial score (nSPS) is 20.9. The quantitative estimate of drug-likeness (QED) is 0.837. The van der Waals surface area contributed by atoms with Crippen molar-refractivity contribution in [3.8, 4) is 0 Å². The number of nitrogens with zero attached hydrogens (tertiary/aromatic N) is 3. The van der Waals surface area contributed by atoms with E-state index < -0.39 is 0 Å². The van der Waals surface area contributed by atoms with Crippen molar-refractivity contribution in [2.45, 2.75) is 19.0 Å². The highest BCUT2D eigenvalue weighted by molar-refractivity contribution is 9.10. The Balaban J connectivity index is 1.92. The summed E-state index contributed by atoms with van der Waals surface area (Å²) in [4.78, 5) is 13.6. The molecule has 0 bridgehead atoms. The van der Waals surface area contributed by atoms with Crippen molar-refractivity contribution in [3.05, 3.63) is 16.9 Å². The van der Waals surface area contributed by atoms with Crippen LogP contribution < -0.4 is 5.73 Å². The van der Waals surface area contributed by atoms with Gasteiger partial charge in [-0.1, -0.05) is 0 Å². The third kappa shape index (κ3) is 2.57. The first kappa shape index (κ1) is 10.6. The number of likely N-dealkylation sites (tertiary alicyclic amines) is 1. The van der Waals surface area contributed by atoms with Crippen LogP contribution >= 0.6 is 15.9 Å². The number of carbonyl (C=O) groups is 1. The summed E-state index contributed by atoms with van der Waals surface area (Å²) in [6, 6.07) is 0.137. The number of amides is 1. The van der Waals surface area contributed by atoms with Gasteiger partial charge >= 0.3 is 0 Å². The second kappa shape index (κ2) is 4.32. The van der Waals surface area contributed by atoms with Gasteiger partial charge in [0.1, 0.15) is 6.54 Å². The van der Waals surface area contributed by atoms with E-state index in [2.05, 4.69) is 21.0 Å². The van der Waals surface area contributed by atoms with Crippen LogP contribution in [0.4, 0.5) is 0 Å². The second-order valence-electron chi connectivity index (χ2n) is 3.74. The molecule has 6 heteroatoms.